The lowest BCUT2D eigenvalue weighted by atomic mass is 9.69. The molecule has 0 saturated heterocycles. The Bertz CT molecular complexity index is 627. The predicted molar refractivity (Wildman–Crippen MR) is 84.4 cm³/mol. The lowest BCUT2D eigenvalue weighted by Gasteiger charge is -2.35. The summed E-state index contributed by atoms with van der Waals surface area (Å²) in [6.45, 7) is 5.27. The molecular weight excluding hydrogens is 278 g/mol. The van der Waals surface area contributed by atoms with Gasteiger partial charge in [0.1, 0.15) is 6.10 Å². The summed E-state index contributed by atoms with van der Waals surface area (Å²) in [6, 6.07) is 4.19. The van der Waals surface area contributed by atoms with Crippen LogP contribution in [0.4, 0.5) is 0 Å². The summed E-state index contributed by atoms with van der Waals surface area (Å²) < 4.78 is 11.8. The quantitative estimate of drug-likeness (QED) is 0.851. The van der Waals surface area contributed by atoms with E-state index in [1.54, 1.807) is 7.11 Å². The van der Waals surface area contributed by atoms with Crippen molar-refractivity contribution < 1.29 is 14.6 Å². The number of ether oxygens (including phenoxy) is 2. The molecule has 1 aromatic carbocycles. The highest BCUT2D eigenvalue weighted by molar-refractivity contribution is 5.60. The molecule has 2 heterocycles. The van der Waals surface area contributed by atoms with Crippen LogP contribution in [0.1, 0.15) is 30.9 Å². The molecule has 0 radical (unpaired) electrons. The normalized spacial score (nSPS) is 32.9. The van der Waals surface area contributed by atoms with Crippen molar-refractivity contribution in [3.63, 3.8) is 0 Å². The lowest BCUT2D eigenvalue weighted by Crippen LogP contribution is -2.43. The number of aliphatic hydroxyl groups excluding tert-OH is 1. The smallest absolute Gasteiger partial charge is 0.166 e. The molecular formula is C18H23NO3. The van der Waals surface area contributed by atoms with Crippen molar-refractivity contribution in [3.8, 4) is 11.5 Å². The standard InChI is InChI=1S/C18H23NO3/c1-3-19-9-8-18-7-6-13(20)10-15(18)22-17-14(21-2)5-4-12(11-19)16(17)18/h4-7,13,15,20H,3,8-11H2,1-2H3/t13-,15-,18-/m0/s1. The maximum atomic E-state index is 10.0. The second-order valence-corrected chi connectivity index (χ2v) is 6.56. The van der Waals surface area contributed by atoms with Crippen LogP contribution >= 0.6 is 0 Å². The van der Waals surface area contributed by atoms with Crippen LogP contribution in [-0.2, 0) is 12.0 Å². The molecule has 1 N–H and O–H groups in total. The molecule has 0 saturated carbocycles. The third kappa shape index (κ3) is 1.83. The van der Waals surface area contributed by atoms with E-state index >= 15 is 0 Å². The van der Waals surface area contributed by atoms with E-state index < -0.39 is 6.10 Å². The summed E-state index contributed by atoms with van der Waals surface area (Å²) in [7, 11) is 1.69. The van der Waals surface area contributed by atoms with Gasteiger partial charge in [-0.15, -0.1) is 0 Å². The largest absolute Gasteiger partial charge is 0.493 e. The van der Waals surface area contributed by atoms with Crippen LogP contribution in [0.25, 0.3) is 0 Å². The molecule has 2 aliphatic heterocycles. The van der Waals surface area contributed by atoms with E-state index in [2.05, 4.69) is 24.0 Å². The van der Waals surface area contributed by atoms with Gasteiger partial charge in [0.2, 0.25) is 0 Å². The second-order valence-electron chi connectivity index (χ2n) is 6.56. The van der Waals surface area contributed by atoms with E-state index in [1.165, 1.54) is 11.1 Å². The van der Waals surface area contributed by atoms with Crippen LogP contribution in [0.3, 0.4) is 0 Å². The SMILES string of the molecule is CCN1CC[C@@]23C=C[C@H](O)C[C@@H]2Oc2c(OC)ccc(c23)C1. The van der Waals surface area contributed by atoms with Gasteiger partial charge in [0.25, 0.3) is 0 Å². The van der Waals surface area contributed by atoms with Crippen molar-refractivity contribution in [2.45, 2.75) is 43.9 Å². The van der Waals surface area contributed by atoms with Crippen molar-refractivity contribution in [2.75, 3.05) is 20.2 Å². The van der Waals surface area contributed by atoms with Crippen LogP contribution in [0.2, 0.25) is 0 Å². The fourth-order valence-electron chi connectivity index (χ4n) is 4.26. The first-order valence-electron chi connectivity index (χ1n) is 8.14. The molecule has 0 aromatic heterocycles. The molecule has 4 nitrogen and oxygen atoms in total. The number of hydrogen-bond donors (Lipinski definition) is 1. The Hall–Kier alpha value is -1.52. The van der Waals surface area contributed by atoms with Gasteiger partial charge in [0, 0.05) is 18.5 Å². The summed E-state index contributed by atoms with van der Waals surface area (Å²) in [5, 5.41) is 10.0. The molecule has 22 heavy (non-hydrogen) atoms. The molecule has 3 aliphatic rings. The maximum Gasteiger partial charge on any atom is 0.166 e. The topological polar surface area (TPSA) is 41.9 Å². The van der Waals surface area contributed by atoms with Gasteiger partial charge in [-0.25, -0.2) is 0 Å². The van der Waals surface area contributed by atoms with Gasteiger partial charge in [-0.05, 0) is 31.1 Å². The van der Waals surface area contributed by atoms with Crippen molar-refractivity contribution >= 4 is 0 Å². The number of methoxy groups -OCH3 is 1. The van der Waals surface area contributed by atoms with Gasteiger partial charge in [0.05, 0.1) is 18.6 Å². The van der Waals surface area contributed by atoms with Crippen molar-refractivity contribution in [3.05, 3.63) is 35.4 Å². The highest BCUT2D eigenvalue weighted by atomic mass is 16.5. The third-order valence-corrected chi connectivity index (χ3v) is 5.48. The first-order chi connectivity index (χ1) is 10.7. The Morgan fingerprint density at radius 2 is 2.32 bits per heavy atom. The molecule has 1 spiro atoms. The van der Waals surface area contributed by atoms with Gasteiger partial charge in [-0.3, -0.25) is 4.90 Å². The number of hydrogen-bond acceptors (Lipinski definition) is 4. The van der Waals surface area contributed by atoms with E-state index in [-0.39, 0.29) is 11.5 Å². The molecule has 1 aromatic rings. The zero-order chi connectivity index (χ0) is 15.3. The number of benzene rings is 1. The molecule has 118 valence electrons. The predicted octanol–water partition coefficient (Wildman–Crippen LogP) is 2.24. The fraction of sp³-hybridized carbons (Fsp3) is 0.556. The molecule has 0 bridgehead atoms. The van der Waals surface area contributed by atoms with E-state index in [9.17, 15) is 5.11 Å². The fourth-order valence-corrected chi connectivity index (χ4v) is 4.26. The number of aliphatic hydroxyl groups is 1. The van der Waals surface area contributed by atoms with E-state index in [0.29, 0.717) is 6.42 Å². The third-order valence-electron chi connectivity index (χ3n) is 5.48. The molecule has 1 aliphatic carbocycles. The van der Waals surface area contributed by atoms with Gasteiger partial charge in [-0.2, -0.15) is 0 Å². The zero-order valence-electron chi connectivity index (χ0n) is 13.2. The summed E-state index contributed by atoms with van der Waals surface area (Å²) in [4.78, 5) is 2.48. The van der Waals surface area contributed by atoms with Crippen molar-refractivity contribution in [1.29, 1.82) is 0 Å². The van der Waals surface area contributed by atoms with Gasteiger partial charge < -0.3 is 14.6 Å². The highest BCUT2D eigenvalue weighted by Gasteiger charge is 2.52. The minimum Gasteiger partial charge on any atom is -0.493 e. The van der Waals surface area contributed by atoms with E-state index in [1.807, 2.05) is 12.1 Å². The van der Waals surface area contributed by atoms with Gasteiger partial charge >= 0.3 is 0 Å². The van der Waals surface area contributed by atoms with Crippen LogP contribution in [0, 0.1) is 0 Å². The lowest BCUT2D eigenvalue weighted by molar-refractivity contribution is 0.0813. The van der Waals surface area contributed by atoms with Crippen LogP contribution in [-0.4, -0.2) is 42.4 Å². The Morgan fingerprint density at radius 1 is 1.45 bits per heavy atom. The Labute approximate surface area is 131 Å². The zero-order valence-corrected chi connectivity index (χ0v) is 13.2. The summed E-state index contributed by atoms with van der Waals surface area (Å²) in [6.07, 6.45) is 5.42. The maximum absolute atomic E-state index is 10.0. The molecule has 4 heteroatoms. The Morgan fingerprint density at radius 3 is 3.09 bits per heavy atom. The summed E-state index contributed by atoms with van der Waals surface area (Å²) in [5.74, 6) is 1.70. The minimum atomic E-state index is -0.412. The first kappa shape index (κ1) is 14.1. The highest BCUT2D eigenvalue weighted by Crippen LogP contribution is 2.55. The average Bonchev–Trinajstić information content (AvgIpc) is 2.76. The Balaban J connectivity index is 1.92. The number of rotatable bonds is 2. The molecule has 3 atom stereocenters. The first-order valence-corrected chi connectivity index (χ1v) is 8.14. The van der Waals surface area contributed by atoms with Crippen LogP contribution in [0.5, 0.6) is 11.5 Å². The minimum absolute atomic E-state index is 0.00866. The molecule has 0 fully saturated rings. The number of nitrogens with zero attached hydrogens (tertiary/aromatic N) is 1. The second kappa shape index (κ2) is 5.00. The van der Waals surface area contributed by atoms with Crippen molar-refractivity contribution in [2.24, 2.45) is 0 Å². The van der Waals surface area contributed by atoms with Gasteiger partial charge in [0.15, 0.2) is 11.5 Å². The van der Waals surface area contributed by atoms with Crippen LogP contribution in [0.15, 0.2) is 24.3 Å². The van der Waals surface area contributed by atoms with Crippen LogP contribution < -0.4 is 9.47 Å². The summed E-state index contributed by atoms with van der Waals surface area (Å²) in [5.41, 5.74) is 2.51. The van der Waals surface area contributed by atoms with E-state index in [4.69, 9.17) is 9.47 Å². The summed E-state index contributed by atoms with van der Waals surface area (Å²) >= 11 is 0. The molecule has 4 rings (SSSR count). The average molecular weight is 301 g/mol. The Kier molecular flexibility index (Phi) is 3.20. The van der Waals surface area contributed by atoms with Gasteiger partial charge in [-0.1, -0.05) is 25.1 Å². The molecule has 0 unspecified atom stereocenters. The monoisotopic (exact) mass is 301 g/mol. The molecule has 0 amide bonds. The van der Waals surface area contributed by atoms with E-state index in [0.717, 1.165) is 37.6 Å². The van der Waals surface area contributed by atoms with Crippen molar-refractivity contribution in [1.82, 2.24) is 4.90 Å².